The average Bonchev–Trinajstić information content (AvgIpc) is 2.78. The Morgan fingerprint density at radius 1 is 0.758 bits per heavy atom. The summed E-state index contributed by atoms with van der Waals surface area (Å²) in [6, 6.07) is 0. The summed E-state index contributed by atoms with van der Waals surface area (Å²) in [6.45, 7) is 9.46. The molecule has 1 aliphatic carbocycles. The summed E-state index contributed by atoms with van der Waals surface area (Å²) in [6.07, 6.45) is 29.1. The highest BCUT2D eigenvalue weighted by molar-refractivity contribution is 5.37. The van der Waals surface area contributed by atoms with Gasteiger partial charge in [0.15, 0.2) is 0 Å². The van der Waals surface area contributed by atoms with Gasteiger partial charge in [-0.2, -0.15) is 0 Å². The first-order valence-electron chi connectivity index (χ1n) is 14.8. The largest absolute Gasteiger partial charge is 0.0762 e. The summed E-state index contributed by atoms with van der Waals surface area (Å²) in [5.74, 6) is 0. The molecule has 0 aromatic carbocycles. The van der Waals surface area contributed by atoms with E-state index in [9.17, 15) is 0 Å². The lowest BCUT2D eigenvalue weighted by Crippen LogP contribution is -2.19. The van der Waals surface area contributed by atoms with Crippen molar-refractivity contribution >= 4 is 0 Å². The van der Waals surface area contributed by atoms with Crippen molar-refractivity contribution in [2.24, 2.45) is 5.41 Å². The third kappa shape index (κ3) is 12.3. The van der Waals surface area contributed by atoms with Gasteiger partial charge in [0, 0.05) is 8.22 Å². The number of hydrogen-bond donors (Lipinski definition) is 0. The van der Waals surface area contributed by atoms with Crippen LogP contribution < -0.4 is 0 Å². The maximum absolute atomic E-state index is 7.46. The Balaban J connectivity index is 2.75. The van der Waals surface area contributed by atoms with E-state index in [0.717, 1.165) is 11.1 Å². The fourth-order valence-corrected chi connectivity index (χ4v) is 3.79. The third-order valence-electron chi connectivity index (χ3n) is 5.69. The van der Waals surface area contributed by atoms with Gasteiger partial charge in [-0.15, -0.1) is 0 Å². The van der Waals surface area contributed by atoms with Crippen molar-refractivity contribution in [2.45, 2.75) is 81.4 Å². The molecular weight excluding hydrogens is 396 g/mol. The first-order valence-corrected chi connectivity index (χ1v) is 11.8. The maximum Gasteiger partial charge on any atom is 0.0276 e. The van der Waals surface area contributed by atoms with Crippen LogP contribution in [0.25, 0.3) is 0 Å². The average molecular weight is 449 g/mol. The normalized spacial score (nSPS) is 22.5. The van der Waals surface area contributed by atoms with Crippen LogP contribution in [0.2, 0.25) is 0 Å². The number of rotatable bonds is 9. The van der Waals surface area contributed by atoms with Gasteiger partial charge in [-0.1, -0.05) is 126 Å². The van der Waals surface area contributed by atoms with Crippen molar-refractivity contribution in [3.63, 3.8) is 0 Å². The lowest BCUT2D eigenvalue weighted by Gasteiger charge is -2.32. The Morgan fingerprint density at radius 2 is 1.27 bits per heavy atom. The highest BCUT2D eigenvalue weighted by atomic mass is 14.3. The molecule has 0 aromatic rings. The van der Waals surface area contributed by atoms with Gasteiger partial charge in [0.25, 0.3) is 0 Å². The molecule has 0 atom stereocenters. The summed E-state index contributed by atoms with van der Waals surface area (Å²) >= 11 is 0. The van der Waals surface area contributed by atoms with Crippen molar-refractivity contribution in [3.05, 3.63) is 118 Å². The smallest absolute Gasteiger partial charge is 0.0276 e. The SMILES string of the molecule is [2H]C([2H])([2H])C(=C/C(C)=C/C=C/C(C)=C/C=C/C=C(C)/C=C/C=C(C)/C=C/C1=C(C)CCCC1(C)C)C([2H])([2H])[2H]. The van der Waals surface area contributed by atoms with Crippen LogP contribution in [0.5, 0.6) is 0 Å². The van der Waals surface area contributed by atoms with Gasteiger partial charge in [-0.05, 0) is 78.6 Å². The van der Waals surface area contributed by atoms with Gasteiger partial charge in [-0.3, -0.25) is 0 Å². The van der Waals surface area contributed by atoms with E-state index < -0.39 is 19.3 Å². The second-order valence-corrected chi connectivity index (χ2v) is 9.57. The molecule has 0 fully saturated rings. The molecule has 0 nitrogen and oxygen atoms in total. The van der Waals surface area contributed by atoms with E-state index in [1.54, 1.807) is 19.1 Å². The van der Waals surface area contributed by atoms with E-state index in [1.807, 2.05) is 37.3 Å². The quantitative estimate of drug-likeness (QED) is 0.308. The summed E-state index contributed by atoms with van der Waals surface area (Å²) in [7, 11) is 0. The van der Waals surface area contributed by atoms with Crippen LogP contribution in [0.1, 0.15) is 89.7 Å². The third-order valence-corrected chi connectivity index (χ3v) is 5.69. The summed E-state index contributed by atoms with van der Waals surface area (Å²) in [4.78, 5) is 0. The van der Waals surface area contributed by atoms with Crippen LogP contribution in [0.15, 0.2) is 118 Å². The van der Waals surface area contributed by atoms with Crippen LogP contribution >= 0.6 is 0 Å². The molecule has 0 saturated heterocycles. The second-order valence-electron chi connectivity index (χ2n) is 9.57. The Bertz CT molecular complexity index is 1130. The van der Waals surface area contributed by atoms with Gasteiger partial charge in [-0.25, -0.2) is 0 Å². The molecule has 0 radical (unpaired) electrons. The van der Waals surface area contributed by atoms with Crippen LogP contribution in [-0.4, -0.2) is 0 Å². The molecule has 0 aromatic heterocycles. The van der Waals surface area contributed by atoms with Crippen molar-refractivity contribution in [1.82, 2.24) is 0 Å². The molecule has 1 aliphatic rings. The minimum atomic E-state index is -2.65. The van der Waals surface area contributed by atoms with Crippen molar-refractivity contribution in [3.8, 4) is 0 Å². The molecule has 0 aliphatic heterocycles. The van der Waals surface area contributed by atoms with Crippen molar-refractivity contribution in [1.29, 1.82) is 0 Å². The second kappa shape index (κ2) is 14.5. The molecule has 0 amide bonds. The Labute approximate surface area is 213 Å². The fourth-order valence-electron chi connectivity index (χ4n) is 3.79. The predicted molar refractivity (Wildman–Crippen MR) is 151 cm³/mol. The van der Waals surface area contributed by atoms with Gasteiger partial charge in [0.2, 0.25) is 0 Å². The number of hydrogen-bond acceptors (Lipinski definition) is 0. The van der Waals surface area contributed by atoms with E-state index in [-0.39, 0.29) is 5.41 Å². The van der Waals surface area contributed by atoms with Crippen LogP contribution in [0.3, 0.4) is 0 Å². The van der Waals surface area contributed by atoms with E-state index in [4.69, 9.17) is 8.22 Å². The molecule has 178 valence electrons. The minimum absolute atomic E-state index is 0.253. The zero-order chi connectivity index (χ0) is 29.9. The molecule has 0 heterocycles. The standard InChI is InChI=1S/C33H46/c1-26(2)25-30(6)20-13-18-28(4)16-11-10-15-27(3)17-12-19-29(5)22-23-32-31(7)21-14-24-33(32,8)9/h10-13,15-20,22-23,25H,14,21,24H2,1-9H3/b11-10+,17-12+,18-13+,23-22+,27-15+,28-16+,29-19+,30-20+/i1D3,2D3. The van der Waals surface area contributed by atoms with Gasteiger partial charge < -0.3 is 0 Å². The predicted octanol–water partition coefficient (Wildman–Crippen LogP) is 10.5. The monoisotopic (exact) mass is 448 g/mol. The van der Waals surface area contributed by atoms with E-state index in [2.05, 4.69) is 65.0 Å². The Hall–Kier alpha value is -2.60. The summed E-state index contributed by atoms with van der Waals surface area (Å²) in [5, 5.41) is 0. The molecule has 33 heavy (non-hydrogen) atoms. The highest BCUT2D eigenvalue weighted by Gasteiger charge is 2.26. The lowest BCUT2D eigenvalue weighted by molar-refractivity contribution is 0.377. The fraction of sp³-hybridized carbons (Fsp3) is 0.394. The van der Waals surface area contributed by atoms with Gasteiger partial charge >= 0.3 is 0 Å². The lowest BCUT2D eigenvalue weighted by atomic mass is 9.72. The van der Waals surface area contributed by atoms with Crippen molar-refractivity contribution in [2.75, 3.05) is 0 Å². The Morgan fingerprint density at radius 3 is 1.82 bits per heavy atom. The summed E-state index contributed by atoms with van der Waals surface area (Å²) in [5.41, 5.74) is 6.63. The van der Waals surface area contributed by atoms with Crippen LogP contribution in [-0.2, 0) is 0 Å². The summed E-state index contributed by atoms with van der Waals surface area (Å²) < 4.78 is 44.8. The molecule has 0 bridgehead atoms. The zero-order valence-electron chi connectivity index (χ0n) is 27.6. The number of allylic oxidation sites excluding steroid dienone is 20. The van der Waals surface area contributed by atoms with E-state index >= 15 is 0 Å². The minimum Gasteiger partial charge on any atom is -0.0762 e. The van der Waals surface area contributed by atoms with Crippen molar-refractivity contribution < 1.29 is 8.22 Å². The molecule has 1 rings (SSSR count). The first kappa shape index (κ1) is 19.8. The molecule has 0 heteroatoms. The van der Waals surface area contributed by atoms with Crippen LogP contribution in [0.4, 0.5) is 0 Å². The highest BCUT2D eigenvalue weighted by Crippen LogP contribution is 2.40. The Kier molecular flexibility index (Phi) is 8.73. The molecule has 0 spiro atoms. The molecule has 0 saturated carbocycles. The molecule has 0 unspecified atom stereocenters. The topological polar surface area (TPSA) is 0 Å². The zero-order valence-corrected chi connectivity index (χ0v) is 21.6. The van der Waals surface area contributed by atoms with E-state index in [0.29, 0.717) is 5.57 Å². The first-order chi connectivity index (χ1) is 17.9. The maximum atomic E-state index is 7.46. The molecular formula is C33H46. The van der Waals surface area contributed by atoms with Gasteiger partial charge in [0.1, 0.15) is 0 Å². The van der Waals surface area contributed by atoms with E-state index in [1.165, 1.54) is 42.1 Å². The van der Waals surface area contributed by atoms with Gasteiger partial charge in [0.05, 0.1) is 0 Å². The molecule has 0 N–H and O–H groups in total. The van der Waals surface area contributed by atoms with Crippen LogP contribution in [0, 0.1) is 5.41 Å².